The zero-order valence-electron chi connectivity index (χ0n) is 10.2. The van der Waals surface area contributed by atoms with Crippen molar-refractivity contribution >= 4 is 11.7 Å². The minimum absolute atomic E-state index is 0.201. The number of carbonyl (C=O) groups excluding carboxylic acids is 1. The Bertz CT molecular complexity index is 423. The van der Waals surface area contributed by atoms with Crippen LogP contribution in [0.1, 0.15) is 18.4 Å². The van der Waals surface area contributed by atoms with Crippen LogP contribution in [0.2, 0.25) is 0 Å². The minimum atomic E-state index is -0.611. The van der Waals surface area contributed by atoms with Crippen molar-refractivity contribution in [3.05, 3.63) is 29.8 Å². The number of nitrogens with zero attached hydrogens (tertiary/aromatic N) is 1. The molecule has 5 nitrogen and oxygen atoms in total. The van der Waals surface area contributed by atoms with Crippen LogP contribution in [0.5, 0.6) is 0 Å². The van der Waals surface area contributed by atoms with Crippen molar-refractivity contribution in [2.24, 2.45) is 0 Å². The average molecular weight is 248 g/mol. The number of hydrogen-bond acceptors (Lipinski definition) is 5. The molecule has 0 aliphatic heterocycles. The van der Waals surface area contributed by atoms with Gasteiger partial charge < -0.3 is 15.2 Å². The lowest BCUT2D eigenvalue weighted by atomic mass is 10.2. The Morgan fingerprint density at radius 1 is 1.50 bits per heavy atom. The maximum Gasteiger partial charge on any atom is 0.305 e. The van der Waals surface area contributed by atoms with Gasteiger partial charge in [-0.3, -0.25) is 4.79 Å². The molecule has 0 aliphatic rings. The quantitative estimate of drug-likeness (QED) is 0.741. The third-order valence-electron chi connectivity index (χ3n) is 2.47. The van der Waals surface area contributed by atoms with Gasteiger partial charge in [-0.05, 0) is 30.7 Å². The van der Waals surface area contributed by atoms with Gasteiger partial charge in [0.05, 0.1) is 24.8 Å². The highest BCUT2D eigenvalue weighted by molar-refractivity contribution is 5.69. The van der Waals surface area contributed by atoms with E-state index in [4.69, 9.17) is 5.26 Å². The molecule has 0 spiro atoms. The lowest BCUT2D eigenvalue weighted by Crippen LogP contribution is -2.20. The Balaban J connectivity index is 2.31. The Hall–Kier alpha value is -2.06. The Morgan fingerprint density at radius 2 is 2.17 bits per heavy atom. The highest BCUT2D eigenvalue weighted by Gasteiger charge is 2.08. The molecule has 0 radical (unpaired) electrons. The standard InChI is InChI=1S/C13H16N2O3/c1-18-13(17)7-6-12(16)9-15-11-4-2-10(8-14)3-5-11/h2-5,12,15-16H,6-7,9H2,1H3. The molecular weight excluding hydrogens is 232 g/mol. The first-order valence-electron chi connectivity index (χ1n) is 5.64. The Morgan fingerprint density at radius 3 is 2.72 bits per heavy atom. The molecule has 0 heterocycles. The molecule has 0 saturated heterocycles. The first-order valence-corrected chi connectivity index (χ1v) is 5.64. The fourth-order valence-electron chi connectivity index (χ4n) is 1.39. The summed E-state index contributed by atoms with van der Waals surface area (Å²) >= 11 is 0. The van der Waals surface area contributed by atoms with Crippen LogP contribution in [0, 0.1) is 11.3 Å². The smallest absolute Gasteiger partial charge is 0.305 e. The predicted molar refractivity (Wildman–Crippen MR) is 66.9 cm³/mol. The van der Waals surface area contributed by atoms with E-state index in [-0.39, 0.29) is 12.4 Å². The summed E-state index contributed by atoms with van der Waals surface area (Å²) in [6.45, 7) is 0.350. The van der Waals surface area contributed by atoms with Crippen LogP contribution in [0.4, 0.5) is 5.69 Å². The SMILES string of the molecule is COC(=O)CCC(O)CNc1ccc(C#N)cc1. The fraction of sp³-hybridized carbons (Fsp3) is 0.385. The van der Waals surface area contributed by atoms with Crippen LogP contribution >= 0.6 is 0 Å². The maximum atomic E-state index is 10.9. The van der Waals surface area contributed by atoms with Gasteiger partial charge in [0.15, 0.2) is 0 Å². The molecule has 0 amide bonds. The molecule has 1 atom stereocenters. The summed E-state index contributed by atoms with van der Waals surface area (Å²) in [4.78, 5) is 10.9. The number of benzene rings is 1. The molecule has 18 heavy (non-hydrogen) atoms. The number of ether oxygens (including phenoxy) is 1. The van der Waals surface area contributed by atoms with E-state index in [1.807, 2.05) is 6.07 Å². The van der Waals surface area contributed by atoms with Crippen LogP contribution in [0.3, 0.4) is 0 Å². The number of carbonyl (C=O) groups is 1. The van der Waals surface area contributed by atoms with E-state index in [9.17, 15) is 9.90 Å². The normalized spacial score (nSPS) is 11.4. The summed E-state index contributed by atoms with van der Waals surface area (Å²) in [5.74, 6) is -0.326. The monoisotopic (exact) mass is 248 g/mol. The van der Waals surface area contributed by atoms with E-state index in [2.05, 4.69) is 10.1 Å². The van der Waals surface area contributed by atoms with Gasteiger partial charge in [-0.15, -0.1) is 0 Å². The second-order valence-electron chi connectivity index (χ2n) is 3.84. The van der Waals surface area contributed by atoms with Crippen LogP contribution in [-0.2, 0) is 9.53 Å². The van der Waals surface area contributed by atoms with E-state index < -0.39 is 6.10 Å². The zero-order chi connectivity index (χ0) is 13.4. The van der Waals surface area contributed by atoms with Crippen molar-refractivity contribution in [1.82, 2.24) is 0 Å². The second-order valence-corrected chi connectivity index (χ2v) is 3.84. The number of anilines is 1. The van der Waals surface area contributed by atoms with Crippen LogP contribution in [0.25, 0.3) is 0 Å². The van der Waals surface area contributed by atoms with Gasteiger partial charge in [-0.25, -0.2) is 0 Å². The van der Waals surface area contributed by atoms with Gasteiger partial charge >= 0.3 is 5.97 Å². The zero-order valence-corrected chi connectivity index (χ0v) is 10.2. The number of rotatable bonds is 6. The Kier molecular flexibility index (Phi) is 5.68. The molecular formula is C13H16N2O3. The first kappa shape index (κ1) is 14.0. The highest BCUT2D eigenvalue weighted by atomic mass is 16.5. The van der Waals surface area contributed by atoms with E-state index in [1.54, 1.807) is 24.3 Å². The molecule has 0 aromatic heterocycles. The highest BCUT2D eigenvalue weighted by Crippen LogP contribution is 2.09. The van der Waals surface area contributed by atoms with Crippen molar-refractivity contribution in [3.8, 4) is 6.07 Å². The number of aliphatic hydroxyl groups excluding tert-OH is 1. The largest absolute Gasteiger partial charge is 0.469 e. The molecule has 1 aromatic rings. The van der Waals surface area contributed by atoms with E-state index >= 15 is 0 Å². The third-order valence-corrected chi connectivity index (χ3v) is 2.47. The summed E-state index contributed by atoms with van der Waals surface area (Å²) in [5, 5.41) is 21.3. The number of nitriles is 1. The van der Waals surface area contributed by atoms with Crippen LogP contribution in [-0.4, -0.2) is 30.8 Å². The first-order chi connectivity index (χ1) is 8.65. The molecule has 2 N–H and O–H groups in total. The van der Waals surface area contributed by atoms with Crippen molar-refractivity contribution in [2.75, 3.05) is 19.0 Å². The lowest BCUT2D eigenvalue weighted by molar-refractivity contribution is -0.141. The van der Waals surface area contributed by atoms with Gasteiger partial charge in [0, 0.05) is 18.7 Å². The number of hydrogen-bond donors (Lipinski definition) is 2. The maximum absolute atomic E-state index is 10.9. The summed E-state index contributed by atoms with van der Waals surface area (Å²) in [7, 11) is 1.32. The van der Waals surface area contributed by atoms with Crippen molar-refractivity contribution in [3.63, 3.8) is 0 Å². The topological polar surface area (TPSA) is 82.3 Å². The predicted octanol–water partition coefficient (Wildman–Crippen LogP) is 1.28. The number of aliphatic hydroxyl groups is 1. The van der Waals surface area contributed by atoms with E-state index in [0.29, 0.717) is 18.5 Å². The molecule has 0 fully saturated rings. The van der Waals surface area contributed by atoms with Gasteiger partial charge in [0.1, 0.15) is 0 Å². The average Bonchev–Trinajstić information content (AvgIpc) is 2.42. The lowest BCUT2D eigenvalue weighted by Gasteiger charge is -2.12. The molecule has 1 rings (SSSR count). The number of methoxy groups -OCH3 is 1. The molecule has 96 valence electrons. The van der Waals surface area contributed by atoms with Gasteiger partial charge in [0.25, 0.3) is 0 Å². The van der Waals surface area contributed by atoms with Gasteiger partial charge in [-0.1, -0.05) is 0 Å². The van der Waals surface area contributed by atoms with Crippen molar-refractivity contribution in [2.45, 2.75) is 18.9 Å². The molecule has 1 unspecified atom stereocenters. The summed E-state index contributed by atoms with van der Waals surface area (Å²) in [6.07, 6.45) is -0.0531. The Labute approximate surface area is 106 Å². The van der Waals surface area contributed by atoms with Crippen LogP contribution in [0.15, 0.2) is 24.3 Å². The summed E-state index contributed by atoms with van der Waals surface area (Å²) < 4.78 is 4.49. The van der Waals surface area contributed by atoms with Gasteiger partial charge in [0.2, 0.25) is 0 Å². The molecule has 5 heteroatoms. The summed E-state index contributed by atoms with van der Waals surface area (Å²) in [6, 6.07) is 8.96. The number of esters is 1. The van der Waals surface area contributed by atoms with Gasteiger partial charge in [-0.2, -0.15) is 5.26 Å². The van der Waals surface area contributed by atoms with E-state index in [1.165, 1.54) is 7.11 Å². The summed E-state index contributed by atoms with van der Waals surface area (Å²) in [5.41, 5.74) is 1.41. The molecule has 0 bridgehead atoms. The molecule has 1 aromatic carbocycles. The third kappa shape index (κ3) is 4.85. The number of nitrogens with one attached hydrogen (secondary N) is 1. The molecule has 0 aliphatic carbocycles. The van der Waals surface area contributed by atoms with Crippen LogP contribution < -0.4 is 5.32 Å². The minimum Gasteiger partial charge on any atom is -0.469 e. The fourth-order valence-corrected chi connectivity index (χ4v) is 1.39. The van der Waals surface area contributed by atoms with E-state index in [0.717, 1.165) is 5.69 Å². The second kappa shape index (κ2) is 7.30. The van der Waals surface area contributed by atoms with Crippen molar-refractivity contribution < 1.29 is 14.6 Å². The molecule has 0 saturated carbocycles. The van der Waals surface area contributed by atoms with Crippen molar-refractivity contribution in [1.29, 1.82) is 5.26 Å².